The molecule has 6 heteroatoms. The van der Waals surface area contributed by atoms with Crippen LogP contribution in [0.1, 0.15) is 51.0 Å². The van der Waals surface area contributed by atoms with Crippen molar-refractivity contribution in [1.82, 2.24) is 5.32 Å². The van der Waals surface area contributed by atoms with Crippen LogP contribution in [0.2, 0.25) is 0 Å². The van der Waals surface area contributed by atoms with Crippen LogP contribution in [0.5, 0.6) is 0 Å². The van der Waals surface area contributed by atoms with Gasteiger partial charge in [-0.2, -0.15) is 0 Å². The van der Waals surface area contributed by atoms with Crippen LogP contribution in [0.3, 0.4) is 0 Å². The van der Waals surface area contributed by atoms with Crippen LogP contribution in [0.15, 0.2) is 53.4 Å². The molecule has 1 saturated carbocycles. The lowest BCUT2D eigenvalue weighted by atomic mass is 10.0. The number of amides is 2. The molecule has 2 atom stereocenters. The summed E-state index contributed by atoms with van der Waals surface area (Å²) >= 11 is 1.47. The molecule has 1 heterocycles. The minimum absolute atomic E-state index is 0.0427. The number of para-hydroxylation sites is 1. The van der Waals surface area contributed by atoms with Crippen LogP contribution in [-0.4, -0.2) is 23.1 Å². The quantitative estimate of drug-likeness (QED) is 0.641. The first-order valence-electron chi connectivity index (χ1n) is 11.1. The van der Waals surface area contributed by atoms with E-state index in [4.69, 9.17) is 0 Å². The maximum Gasteiger partial charge on any atom is 0.241 e. The van der Waals surface area contributed by atoms with E-state index in [1.54, 1.807) is 17.0 Å². The summed E-state index contributed by atoms with van der Waals surface area (Å²) in [7, 11) is 0. The Morgan fingerprint density at radius 3 is 2.48 bits per heavy atom. The zero-order valence-corrected chi connectivity index (χ0v) is 18.7. The van der Waals surface area contributed by atoms with E-state index in [-0.39, 0.29) is 23.7 Å². The summed E-state index contributed by atoms with van der Waals surface area (Å²) in [6.07, 6.45) is 6.79. The monoisotopic (exact) mass is 440 g/mol. The van der Waals surface area contributed by atoms with Gasteiger partial charge in [-0.3, -0.25) is 9.59 Å². The molecule has 164 valence electrons. The van der Waals surface area contributed by atoms with E-state index in [0.29, 0.717) is 6.54 Å². The SMILES string of the molecule is C[C@H](C(=O)NC1CCCCCC1)[C@@H]1Sc2ccccc2N(Cc2ccc(F)cc2)C1=O. The molecule has 1 aliphatic carbocycles. The average molecular weight is 441 g/mol. The van der Waals surface area contributed by atoms with E-state index in [1.165, 1.54) is 36.7 Å². The van der Waals surface area contributed by atoms with Crippen LogP contribution in [0, 0.1) is 11.7 Å². The number of nitrogens with zero attached hydrogens (tertiary/aromatic N) is 1. The van der Waals surface area contributed by atoms with Gasteiger partial charge in [0, 0.05) is 10.9 Å². The summed E-state index contributed by atoms with van der Waals surface area (Å²) in [4.78, 5) is 29.3. The molecule has 0 spiro atoms. The molecular weight excluding hydrogens is 411 g/mol. The molecule has 4 nitrogen and oxygen atoms in total. The van der Waals surface area contributed by atoms with Crippen molar-refractivity contribution >= 4 is 29.3 Å². The lowest BCUT2D eigenvalue weighted by Crippen LogP contribution is -2.48. The number of carbonyl (C=O) groups excluding carboxylic acids is 2. The zero-order valence-electron chi connectivity index (χ0n) is 17.9. The highest BCUT2D eigenvalue weighted by Crippen LogP contribution is 2.42. The van der Waals surface area contributed by atoms with E-state index < -0.39 is 11.2 Å². The Morgan fingerprint density at radius 1 is 1.10 bits per heavy atom. The number of anilines is 1. The van der Waals surface area contributed by atoms with Gasteiger partial charge in [0.25, 0.3) is 0 Å². The van der Waals surface area contributed by atoms with Crippen molar-refractivity contribution in [2.45, 2.75) is 68.2 Å². The maximum absolute atomic E-state index is 13.5. The first-order chi connectivity index (χ1) is 15.0. The van der Waals surface area contributed by atoms with Gasteiger partial charge in [0.15, 0.2) is 0 Å². The predicted octanol–water partition coefficient (Wildman–Crippen LogP) is 5.31. The molecule has 2 aromatic carbocycles. The number of nitrogens with one attached hydrogen (secondary N) is 1. The minimum Gasteiger partial charge on any atom is -0.353 e. The number of carbonyl (C=O) groups is 2. The highest BCUT2D eigenvalue weighted by molar-refractivity contribution is 8.01. The highest BCUT2D eigenvalue weighted by Gasteiger charge is 2.39. The fourth-order valence-electron chi connectivity index (χ4n) is 4.38. The van der Waals surface area contributed by atoms with Gasteiger partial charge in [-0.15, -0.1) is 11.8 Å². The molecule has 0 aromatic heterocycles. The van der Waals surface area contributed by atoms with E-state index in [0.717, 1.165) is 41.8 Å². The summed E-state index contributed by atoms with van der Waals surface area (Å²) in [6, 6.07) is 14.2. The number of rotatable bonds is 5. The average Bonchev–Trinajstić information content (AvgIpc) is 3.05. The van der Waals surface area contributed by atoms with Crippen LogP contribution < -0.4 is 10.2 Å². The molecule has 0 saturated heterocycles. The molecule has 2 aliphatic rings. The third kappa shape index (κ3) is 5.12. The lowest BCUT2D eigenvalue weighted by molar-refractivity contribution is -0.129. The third-order valence-corrected chi connectivity index (χ3v) is 7.71. The fourth-order valence-corrected chi connectivity index (χ4v) is 5.67. The maximum atomic E-state index is 13.5. The molecular formula is C25H29FN2O2S. The second-order valence-electron chi connectivity index (χ2n) is 8.54. The number of hydrogen-bond donors (Lipinski definition) is 1. The molecule has 2 aromatic rings. The Balaban J connectivity index is 1.53. The Hall–Kier alpha value is -2.34. The molecule has 0 bridgehead atoms. The van der Waals surface area contributed by atoms with Crippen molar-refractivity contribution in [2.75, 3.05) is 4.90 Å². The first-order valence-corrected chi connectivity index (χ1v) is 12.0. The van der Waals surface area contributed by atoms with Gasteiger partial charge in [-0.05, 0) is 42.7 Å². The van der Waals surface area contributed by atoms with Gasteiger partial charge in [0.05, 0.1) is 18.2 Å². The largest absolute Gasteiger partial charge is 0.353 e. The Bertz CT molecular complexity index is 925. The third-order valence-electron chi connectivity index (χ3n) is 6.24. The Kier molecular flexibility index (Phi) is 6.96. The van der Waals surface area contributed by atoms with E-state index in [1.807, 2.05) is 31.2 Å². The van der Waals surface area contributed by atoms with Gasteiger partial charge in [0.1, 0.15) is 11.1 Å². The molecule has 31 heavy (non-hydrogen) atoms. The second kappa shape index (κ2) is 9.86. The van der Waals surface area contributed by atoms with Crippen molar-refractivity contribution in [3.63, 3.8) is 0 Å². The summed E-state index contributed by atoms with van der Waals surface area (Å²) in [5.74, 6) is -0.855. The first kappa shape index (κ1) is 21.9. The summed E-state index contributed by atoms with van der Waals surface area (Å²) in [6.45, 7) is 2.20. The van der Waals surface area contributed by atoms with E-state index >= 15 is 0 Å². The van der Waals surface area contributed by atoms with Gasteiger partial charge in [-0.1, -0.05) is 56.9 Å². The van der Waals surface area contributed by atoms with Crippen LogP contribution in [0.4, 0.5) is 10.1 Å². The van der Waals surface area contributed by atoms with Gasteiger partial charge in [-0.25, -0.2) is 4.39 Å². The number of thioether (sulfide) groups is 1. The zero-order chi connectivity index (χ0) is 21.8. The Morgan fingerprint density at radius 2 is 1.77 bits per heavy atom. The van der Waals surface area contributed by atoms with Gasteiger partial charge >= 0.3 is 0 Å². The van der Waals surface area contributed by atoms with E-state index in [2.05, 4.69) is 5.32 Å². The fraction of sp³-hybridized carbons (Fsp3) is 0.440. The van der Waals surface area contributed by atoms with Crippen molar-refractivity contribution in [2.24, 2.45) is 5.92 Å². The Labute approximate surface area is 187 Å². The highest BCUT2D eigenvalue weighted by atomic mass is 32.2. The number of halogens is 1. The number of benzene rings is 2. The van der Waals surface area contributed by atoms with Crippen LogP contribution in [-0.2, 0) is 16.1 Å². The standard InChI is InChI=1S/C25H29FN2O2S/c1-17(24(29)27-20-8-4-2-3-5-9-20)23-25(30)28(16-18-12-14-19(26)15-13-18)21-10-6-7-11-22(21)31-23/h6-7,10-15,17,20,23H,2-5,8-9,16H2,1H3,(H,27,29)/t17-,23-/m0/s1. The van der Waals surface area contributed by atoms with Gasteiger partial charge in [0.2, 0.25) is 11.8 Å². The number of fused-ring (bicyclic) bond motifs is 1. The molecule has 1 fully saturated rings. The van der Waals surface area contributed by atoms with Crippen molar-refractivity contribution < 1.29 is 14.0 Å². The molecule has 4 rings (SSSR count). The second-order valence-corrected chi connectivity index (χ2v) is 9.73. The number of hydrogen-bond acceptors (Lipinski definition) is 3. The van der Waals surface area contributed by atoms with Crippen LogP contribution >= 0.6 is 11.8 Å². The van der Waals surface area contributed by atoms with Crippen molar-refractivity contribution in [3.05, 3.63) is 59.9 Å². The summed E-state index contributed by atoms with van der Waals surface area (Å²) < 4.78 is 13.3. The van der Waals surface area contributed by atoms with Gasteiger partial charge < -0.3 is 10.2 Å². The lowest BCUT2D eigenvalue weighted by Gasteiger charge is -2.36. The molecule has 0 unspecified atom stereocenters. The minimum atomic E-state index is -0.485. The van der Waals surface area contributed by atoms with Crippen LogP contribution in [0.25, 0.3) is 0 Å². The molecule has 1 N–H and O–H groups in total. The molecule has 0 radical (unpaired) electrons. The normalized spacial score (nSPS) is 20.6. The predicted molar refractivity (Wildman–Crippen MR) is 122 cm³/mol. The summed E-state index contributed by atoms with van der Waals surface area (Å²) in [5.41, 5.74) is 1.69. The summed E-state index contributed by atoms with van der Waals surface area (Å²) in [5, 5.41) is 2.72. The van der Waals surface area contributed by atoms with E-state index in [9.17, 15) is 14.0 Å². The van der Waals surface area contributed by atoms with Crippen molar-refractivity contribution in [3.8, 4) is 0 Å². The molecule has 1 aliphatic heterocycles. The smallest absolute Gasteiger partial charge is 0.241 e. The van der Waals surface area contributed by atoms with Crippen molar-refractivity contribution in [1.29, 1.82) is 0 Å². The topological polar surface area (TPSA) is 49.4 Å². The molecule has 2 amide bonds.